The first-order valence-corrected chi connectivity index (χ1v) is 10.2. The second-order valence-corrected chi connectivity index (χ2v) is 7.58. The zero-order valence-corrected chi connectivity index (χ0v) is 17.3. The third-order valence-electron chi connectivity index (χ3n) is 4.75. The first-order valence-electron chi connectivity index (χ1n) is 9.84. The second-order valence-electron chi connectivity index (χ2n) is 7.17. The van der Waals surface area contributed by atoms with Gasteiger partial charge in [-0.1, -0.05) is 36.7 Å². The summed E-state index contributed by atoms with van der Waals surface area (Å²) in [7, 11) is 0. The quantitative estimate of drug-likeness (QED) is 0.746. The molecule has 2 aromatic carbocycles. The summed E-state index contributed by atoms with van der Waals surface area (Å²) in [6.45, 7) is 7.34. The molecular weight excluding hydrogens is 376 g/mol. The van der Waals surface area contributed by atoms with Crippen LogP contribution in [0.3, 0.4) is 0 Å². The van der Waals surface area contributed by atoms with Crippen LogP contribution in [0.5, 0.6) is 11.5 Å². The highest BCUT2D eigenvalue weighted by Crippen LogP contribution is 2.37. The van der Waals surface area contributed by atoms with Gasteiger partial charge < -0.3 is 19.7 Å². The topological polar surface area (TPSA) is 52.0 Å². The van der Waals surface area contributed by atoms with E-state index < -0.39 is 0 Å². The van der Waals surface area contributed by atoms with Gasteiger partial charge in [0.1, 0.15) is 6.54 Å². The summed E-state index contributed by atoms with van der Waals surface area (Å²) in [5, 5.41) is 3.59. The van der Waals surface area contributed by atoms with Crippen molar-refractivity contribution >= 4 is 23.2 Å². The van der Waals surface area contributed by atoms with Crippen LogP contribution in [0.25, 0.3) is 0 Å². The Morgan fingerprint density at radius 1 is 1.21 bits per heavy atom. The monoisotopic (exact) mass is 403 g/mol. The molecule has 2 N–H and O–H groups in total. The van der Waals surface area contributed by atoms with Gasteiger partial charge in [0.05, 0.1) is 24.8 Å². The van der Waals surface area contributed by atoms with Crippen LogP contribution in [0.4, 0.5) is 5.69 Å². The van der Waals surface area contributed by atoms with E-state index in [0.717, 1.165) is 36.2 Å². The molecule has 0 fully saturated rings. The zero-order chi connectivity index (χ0) is 19.9. The number of anilines is 1. The lowest BCUT2D eigenvalue weighted by atomic mass is 10.1. The number of ether oxygens (including phenoxy) is 2. The molecular formula is C22H28ClN2O3+. The van der Waals surface area contributed by atoms with Crippen molar-refractivity contribution in [1.82, 2.24) is 0 Å². The van der Waals surface area contributed by atoms with Gasteiger partial charge in [-0.25, -0.2) is 0 Å². The lowest BCUT2D eigenvalue weighted by Crippen LogP contribution is -3.11. The van der Waals surface area contributed by atoms with Crippen molar-refractivity contribution in [3.05, 3.63) is 52.5 Å². The number of hydrogen-bond acceptors (Lipinski definition) is 3. The molecule has 150 valence electrons. The third-order valence-corrected chi connectivity index (χ3v) is 5.03. The minimum Gasteiger partial charge on any atom is -0.489 e. The van der Waals surface area contributed by atoms with Crippen LogP contribution < -0.4 is 19.7 Å². The summed E-state index contributed by atoms with van der Waals surface area (Å²) in [6, 6.07) is 11.7. The predicted octanol–water partition coefficient (Wildman–Crippen LogP) is 3.24. The van der Waals surface area contributed by atoms with Crippen molar-refractivity contribution in [1.29, 1.82) is 0 Å². The van der Waals surface area contributed by atoms with Crippen LogP contribution in [-0.2, 0) is 11.3 Å². The average Bonchev–Trinajstić information content (AvgIpc) is 2.90. The maximum atomic E-state index is 12.6. The number of hydrogen-bond donors (Lipinski definition) is 2. The summed E-state index contributed by atoms with van der Waals surface area (Å²) < 4.78 is 11.5. The summed E-state index contributed by atoms with van der Waals surface area (Å²) >= 11 is 6.42. The molecule has 0 bridgehead atoms. The number of rotatable bonds is 7. The molecule has 0 spiro atoms. The first-order chi connectivity index (χ1) is 13.6. The number of quaternary nitrogens is 1. The minimum atomic E-state index is 0.0122. The molecule has 1 heterocycles. The van der Waals surface area contributed by atoms with E-state index in [9.17, 15) is 4.79 Å². The van der Waals surface area contributed by atoms with Crippen molar-refractivity contribution in [2.75, 3.05) is 31.6 Å². The number of carbonyl (C=O) groups excluding carboxylic acids is 1. The van der Waals surface area contributed by atoms with Gasteiger partial charge in [-0.15, -0.1) is 0 Å². The van der Waals surface area contributed by atoms with E-state index in [-0.39, 0.29) is 5.91 Å². The zero-order valence-electron chi connectivity index (χ0n) is 16.5. The number of benzene rings is 2. The molecule has 0 saturated carbocycles. The van der Waals surface area contributed by atoms with E-state index in [1.54, 1.807) is 0 Å². The van der Waals surface area contributed by atoms with Crippen molar-refractivity contribution < 1.29 is 19.2 Å². The first kappa shape index (κ1) is 20.5. The Balaban J connectivity index is 1.69. The highest BCUT2D eigenvalue weighted by atomic mass is 35.5. The molecule has 1 amide bonds. The van der Waals surface area contributed by atoms with E-state index in [1.807, 2.05) is 43.3 Å². The van der Waals surface area contributed by atoms with Crippen molar-refractivity contribution in [2.45, 2.75) is 33.2 Å². The average molecular weight is 404 g/mol. The third kappa shape index (κ3) is 5.40. The van der Waals surface area contributed by atoms with Gasteiger partial charge >= 0.3 is 0 Å². The number of amides is 1. The molecule has 5 nitrogen and oxygen atoms in total. The number of fused-ring (bicyclic) bond motifs is 1. The van der Waals surface area contributed by atoms with Crippen LogP contribution in [0.2, 0.25) is 5.02 Å². The molecule has 1 aliphatic rings. The molecule has 28 heavy (non-hydrogen) atoms. The molecule has 0 saturated heterocycles. The van der Waals surface area contributed by atoms with Crippen LogP contribution >= 0.6 is 11.6 Å². The minimum absolute atomic E-state index is 0.0122. The summed E-state index contributed by atoms with van der Waals surface area (Å²) in [4.78, 5) is 13.8. The fraction of sp³-hybridized carbons (Fsp3) is 0.409. The number of aryl methyl sites for hydroxylation is 1. The molecule has 2 aromatic rings. The van der Waals surface area contributed by atoms with Gasteiger partial charge in [-0.05, 0) is 37.1 Å². The fourth-order valence-electron chi connectivity index (χ4n) is 3.40. The molecule has 0 aliphatic carbocycles. The molecule has 3 rings (SSSR count). The van der Waals surface area contributed by atoms with Crippen molar-refractivity contribution in [2.24, 2.45) is 0 Å². The van der Waals surface area contributed by atoms with Gasteiger partial charge in [0, 0.05) is 17.7 Å². The largest absolute Gasteiger partial charge is 0.489 e. The number of nitrogens with one attached hydrogen (secondary N) is 2. The molecule has 1 unspecified atom stereocenters. The highest BCUT2D eigenvalue weighted by molar-refractivity contribution is 6.32. The lowest BCUT2D eigenvalue weighted by molar-refractivity contribution is -0.905. The normalized spacial score (nSPS) is 14.2. The Morgan fingerprint density at radius 3 is 2.79 bits per heavy atom. The van der Waals surface area contributed by atoms with Gasteiger partial charge in [-0.3, -0.25) is 4.79 Å². The molecule has 6 heteroatoms. The van der Waals surface area contributed by atoms with Gasteiger partial charge in [0.15, 0.2) is 18.0 Å². The van der Waals surface area contributed by atoms with Crippen LogP contribution in [0, 0.1) is 6.92 Å². The molecule has 0 radical (unpaired) electrons. The summed E-state index contributed by atoms with van der Waals surface area (Å²) in [5.74, 6) is 1.33. The van der Waals surface area contributed by atoms with E-state index in [0.29, 0.717) is 42.8 Å². The van der Waals surface area contributed by atoms with Gasteiger partial charge in [-0.2, -0.15) is 0 Å². The van der Waals surface area contributed by atoms with Gasteiger partial charge in [0.25, 0.3) is 5.91 Å². The van der Waals surface area contributed by atoms with E-state index in [2.05, 4.69) is 12.2 Å². The van der Waals surface area contributed by atoms with Crippen molar-refractivity contribution in [3.63, 3.8) is 0 Å². The molecule has 1 aliphatic heterocycles. The van der Waals surface area contributed by atoms with Crippen LogP contribution in [0.1, 0.15) is 30.9 Å². The standard InChI is InChI=1S/C22H27ClN2O3/c1-3-9-25(15-21(26)24-19-8-5-4-7-16(19)2)14-17-12-18(23)22-20(13-17)27-10-6-11-28-22/h4-5,7-8,12-13H,3,6,9-11,14-15H2,1-2H3,(H,24,26)/p+1. The fourth-order valence-corrected chi connectivity index (χ4v) is 3.69. The Bertz CT molecular complexity index is 825. The summed E-state index contributed by atoms with van der Waals surface area (Å²) in [5.41, 5.74) is 2.96. The number of para-hydroxylation sites is 1. The second kappa shape index (κ2) is 9.80. The molecule has 0 aromatic heterocycles. The number of carbonyl (C=O) groups is 1. The maximum Gasteiger partial charge on any atom is 0.279 e. The molecule has 1 atom stereocenters. The van der Waals surface area contributed by atoms with E-state index in [4.69, 9.17) is 21.1 Å². The van der Waals surface area contributed by atoms with E-state index >= 15 is 0 Å². The predicted molar refractivity (Wildman–Crippen MR) is 112 cm³/mol. The smallest absolute Gasteiger partial charge is 0.279 e. The Hall–Kier alpha value is -2.24. The van der Waals surface area contributed by atoms with E-state index in [1.165, 1.54) is 4.90 Å². The lowest BCUT2D eigenvalue weighted by Gasteiger charge is -2.20. The Morgan fingerprint density at radius 2 is 2.00 bits per heavy atom. The van der Waals surface area contributed by atoms with Crippen LogP contribution in [-0.4, -0.2) is 32.2 Å². The SMILES string of the molecule is CCC[NH+](CC(=O)Nc1ccccc1C)Cc1cc(Cl)c2c(c1)OCCCO2. The Kier molecular flexibility index (Phi) is 7.18. The highest BCUT2D eigenvalue weighted by Gasteiger charge is 2.19. The van der Waals surface area contributed by atoms with Crippen molar-refractivity contribution in [3.8, 4) is 11.5 Å². The maximum absolute atomic E-state index is 12.6. The number of halogens is 1. The van der Waals surface area contributed by atoms with Gasteiger partial charge in [0.2, 0.25) is 0 Å². The Labute approximate surface area is 171 Å². The summed E-state index contributed by atoms with van der Waals surface area (Å²) in [6.07, 6.45) is 1.83. The van der Waals surface area contributed by atoms with Crippen LogP contribution in [0.15, 0.2) is 36.4 Å².